The van der Waals surface area contributed by atoms with E-state index in [1.165, 1.54) is 24.3 Å². The Labute approximate surface area is 301 Å². The van der Waals surface area contributed by atoms with E-state index < -0.39 is 6.36 Å². The van der Waals surface area contributed by atoms with E-state index in [9.17, 15) is 13.2 Å². The van der Waals surface area contributed by atoms with Gasteiger partial charge in [0.2, 0.25) is 0 Å². The molecule has 2 N–H and O–H groups in total. The van der Waals surface area contributed by atoms with Gasteiger partial charge in [0, 0.05) is 0 Å². The fourth-order valence-electron chi connectivity index (χ4n) is 5.61. The van der Waals surface area contributed by atoms with Crippen molar-refractivity contribution in [2.45, 2.75) is 6.36 Å². The number of alkyl halides is 3. The molecule has 6 aromatic rings. The van der Waals surface area contributed by atoms with Crippen LogP contribution in [0.25, 0.3) is 20.8 Å². The minimum atomic E-state index is -4.80. The van der Waals surface area contributed by atoms with Crippen molar-refractivity contribution < 1.29 is 34.9 Å². The molecule has 0 aliphatic carbocycles. The Balaban J connectivity index is 1.67. The maximum absolute atomic E-state index is 12.8. The van der Waals surface area contributed by atoms with E-state index in [2.05, 4.69) is 53.3 Å². The number of aliphatic imine (C=N–C) groups is 1. The summed E-state index contributed by atoms with van der Waals surface area (Å²) in [6.07, 6.45) is -4.80. The number of amidine groups is 1. The number of nitrogens with two attached hydrogens (primary N) is 1. The number of benzene rings is 6. The van der Waals surface area contributed by atoms with Gasteiger partial charge in [0.1, 0.15) is 0 Å². The van der Waals surface area contributed by atoms with E-state index in [1.54, 1.807) is 0 Å². The molecule has 50 heavy (non-hydrogen) atoms. The van der Waals surface area contributed by atoms with Gasteiger partial charge >= 0.3 is 285 Å². The van der Waals surface area contributed by atoms with Gasteiger partial charge in [-0.2, -0.15) is 0 Å². The molecule has 0 spiro atoms. The first-order valence-corrected chi connectivity index (χ1v) is 18.3. The monoisotopic (exact) mass is 776 g/mol. The quantitative estimate of drug-likeness (QED) is 0.0495. The molecule has 8 heteroatoms. The molecular formula is C42H30ClF3N2OPd. The van der Waals surface area contributed by atoms with Crippen LogP contribution in [0.4, 0.5) is 18.9 Å². The summed E-state index contributed by atoms with van der Waals surface area (Å²) in [4.78, 5) is 4.87. The molecule has 0 aromatic heterocycles. The van der Waals surface area contributed by atoms with E-state index in [0.29, 0.717) is 11.3 Å². The standard InChI is InChI=1S/C42H30F3N2O.ClH.Pd/c43-42(44,45)48-35-27-25-34(26-28-35)41(46)47-38-24-14-13-23-36(38)39(32-19-9-3-10-20-32)40(33-21-11-4-12-22-33)37(31-17-7-2-8-18-31)29-30-15-5-1-6-16-30;;/h1-28H,(H2,46,47);1H;/q;;+1/p-1/b37-29?,40-39+;;. The van der Waals surface area contributed by atoms with Gasteiger partial charge in [-0.25, -0.2) is 0 Å². The first-order chi connectivity index (χ1) is 24.3. The average molecular weight is 778 g/mol. The number of ether oxygens (including phenoxy) is 1. The molecule has 0 heterocycles. The molecule has 0 atom stereocenters. The Morgan fingerprint density at radius 1 is 0.540 bits per heavy atom. The predicted octanol–water partition coefficient (Wildman–Crippen LogP) is 11.4. The average Bonchev–Trinajstić information content (AvgIpc) is 3.14. The summed E-state index contributed by atoms with van der Waals surface area (Å²) in [5.41, 5.74) is 15.2. The third-order valence-electron chi connectivity index (χ3n) is 7.76. The van der Waals surface area contributed by atoms with Crippen molar-refractivity contribution in [1.82, 2.24) is 0 Å². The normalized spacial score (nSPS) is 13.0. The summed E-state index contributed by atoms with van der Waals surface area (Å²) in [5, 5.41) is 0. The van der Waals surface area contributed by atoms with Crippen molar-refractivity contribution in [1.29, 1.82) is 0 Å². The summed E-state index contributed by atoms with van der Waals surface area (Å²) >= 11 is -0.308. The van der Waals surface area contributed by atoms with Crippen LogP contribution in [-0.2, 0) is 17.0 Å². The van der Waals surface area contributed by atoms with Gasteiger partial charge in [0.05, 0.1) is 0 Å². The number of para-hydroxylation sites is 1. The van der Waals surface area contributed by atoms with Gasteiger partial charge in [-0.05, 0) is 0 Å². The van der Waals surface area contributed by atoms with Crippen LogP contribution in [0.15, 0.2) is 175 Å². The van der Waals surface area contributed by atoms with Crippen molar-refractivity contribution in [3.63, 3.8) is 0 Å². The molecule has 6 aromatic carbocycles. The Bertz CT molecular complexity index is 2140. The zero-order chi connectivity index (χ0) is 34.9. The topological polar surface area (TPSA) is 47.6 Å². The van der Waals surface area contributed by atoms with Crippen LogP contribution in [0.5, 0.6) is 5.75 Å². The van der Waals surface area contributed by atoms with Crippen molar-refractivity contribution in [3.8, 4) is 5.75 Å². The molecule has 6 rings (SSSR count). The first-order valence-electron chi connectivity index (χ1n) is 15.5. The van der Waals surface area contributed by atoms with Crippen LogP contribution >= 0.6 is 9.53 Å². The number of allylic oxidation sites excluding steroid dienone is 2. The Hall–Kier alpha value is -5.19. The van der Waals surface area contributed by atoms with Crippen LogP contribution in [-0.4, -0.2) is 12.2 Å². The van der Waals surface area contributed by atoms with E-state index in [-0.39, 0.29) is 28.5 Å². The fourth-order valence-corrected chi connectivity index (χ4v) is 7.37. The van der Waals surface area contributed by atoms with Gasteiger partial charge in [0.25, 0.3) is 0 Å². The van der Waals surface area contributed by atoms with Crippen molar-refractivity contribution in [3.05, 3.63) is 203 Å². The van der Waals surface area contributed by atoms with Gasteiger partial charge in [-0.3, -0.25) is 0 Å². The zero-order valence-electron chi connectivity index (χ0n) is 26.4. The molecule has 3 nitrogen and oxygen atoms in total. The van der Waals surface area contributed by atoms with E-state index >= 15 is 0 Å². The molecule has 0 aliphatic rings. The van der Waals surface area contributed by atoms with Gasteiger partial charge in [-0.15, -0.1) is 13.2 Å². The molecule has 252 valence electrons. The minimum absolute atomic E-state index is 0.136. The van der Waals surface area contributed by atoms with Gasteiger partial charge in [-0.1, -0.05) is 0 Å². The molecule has 0 fully saturated rings. The molecule has 0 unspecified atom stereocenters. The fraction of sp³-hybridized carbons (Fsp3) is 0.0238. The van der Waals surface area contributed by atoms with Crippen molar-refractivity contribution in [2.75, 3.05) is 0 Å². The van der Waals surface area contributed by atoms with Crippen LogP contribution in [0.1, 0.15) is 33.4 Å². The Kier molecular flexibility index (Phi) is 11.1. The molecule has 0 aliphatic heterocycles. The molecule has 0 bridgehead atoms. The number of hydrogen-bond donors (Lipinski definition) is 1. The number of nitrogens with zero attached hydrogens (tertiary/aromatic N) is 1. The summed E-state index contributed by atoms with van der Waals surface area (Å²) in [7, 11) is 6.95. The Morgan fingerprint density at radius 2 is 1.00 bits per heavy atom. The third-order valence-corrected chi connectivity index (χ3v) is 9.60. The summed E-state index contributed by atoms with van der Waals surface area (Å²) in [6.45, 7) is 0. The van der Waals surface area contributed by atoms with E-state index in [0.717, 1.165) is 48.6 Å². The van der Waals surface area contributed by atoms with E-state index in [4.69, 9.17) is 20.3 Å². The number of halogens is 4. The molecule has 0 saturated heterocycles. The first kappa shape index (κ1) is 34.7. The van der Waals surface area contributed by atoms with Crippen LogP contribution < -0.4 is 10.5 Å². The second-order valence-corrected chi connectivity index (χ2v) is 12.8. The molecule has 0 radical (unpaired) electrons. The summed E-state index contributed by atoms with van der Waals surface area (Å²) in [6, 6.07) is 53.8. The predicted molar refractivity (Wildman–Crippen MR) is 194 cm³/mol. The number of hydrogen-bond acceptors (Lipinski definition) is 2. The molecule has 0 saturated carbocycles. The third kappa shape index (κ3) is 8.33. The Morgan fingerprint density at radius 3 is 1.52 bits per heavy atom. The van der Waals surface area contributed by atoms with Gasteiger partial charge in [0.15, 0.2) is 0 Å². The van der Waals surface area contributed by atoms with E-state index in [1.807, 2.05) is 97.1 Å². The number of rotatable bonds is 10. The second-order valence-electron chi connectivity index (χ2n) is 11.0. The molecule has 0 amide bonds. The zero-order valence-corrected chi connectivity index (χ0v) is 28.7. The van der Waals surface area contributed by atoms with Crippen LogP contribution in [0.2, 0.25) is 0 Å². The molecular weight excluding hydrogens is 747 g/mol. The maximum atomic E-state index is 12.8. The van der Waals surface area contributed by atoms with Crippen LogP contribution in [0, 0.1) is 0 Å². The van der Waals surface area contributed by atoms with Crippen LogP contribution in [0.3, 0.4) is 0 Å². The van der Waals surface area contributed by atoms with Crippen molar-refractivity contribution >= 4 is 41.8 Å². The van der Waals surface area contributed by atoms with Crippen molar-refractivity contribution in [2.24, 2.45) is 10.7 Å². The second kappa shape index (κ2) is 16.0. The SMILES string of the molecule is N/C(=N\c1ccccc1/C(=C(/C(=[C](\[Pd][Cl])c1ccccc1)c1ccccc1)c1ccccc1)c1ccccc1)c1ccc(OC(F)(F)F)cc1. The van der Waals surface area contributed by atoms with Gasteiger partial charge < -0.3 is 4.74 Å². The summed E-state index contributed by atoms with van der Waals surface area (Å²) < 4.78 is 43.4. The summed E-state index contributed by atoms with van der Waals surface area (Å²) in [5.74, 6) is -0.205.